The number of hydrogen-bond donors (Lipinski definition) is 0. The number of esters is 2. The van der Waals surface area contributed by atoms with Crippen molar-refractivity contribution in [1.82, 2.24) is 0 Å². The average Bonchev–Trinajstić information content (AvgIpc) is 2.46. The van der Waals surface area contributed by atoms with Gasteiger partial charge in [0.25, 0.3) is 0 Å². The molecule has 0 saturated heterocycles. The molecule has 0 bridgehead atoms. The van der Waals surface area contributed by atoms with Crippen molar-refractivity contribution in [2.45, 2.75) is 85.2 Å². The second-order valence-corrected chi connectivity index (χ2v) is 5.72. The van der Waals surface area contributed by atoms with E-state index in [9.17, 15) is 9.59 Å². The topological polar surface area (TPSA) is 52.6 Å². The molecule has 0 fully saturated rings. The van der Waals surface area contributed by atoms with Crippen LogP contribution in [0.3, 0.4) is 0 Å². The molecule has 2 unspecified atom stereocenters. The maximum Gasteiger partial charge on any atom is 0.306 e. The highest BCUT2D eigenvalue weighted by Crippen LogP contribution is 2.13. The Morgan fingerprint density at radius 1 is 0.905 bits per heavy atom. The zero-order chi connectivity index (χ0) is 16.1. The van der Waals surface area contributed by atoms with Gasteiger partial charge in [0.05, 0.1) is 6.61 Å². The monoisotopic (exact) mass is 300 g/mol. The molecule has 0 aliphatic carbocycles. The standard InChI is InChI=1S/C17H32O4/c1-5-7-13-20-16(18)11-9-8-10-12-17(19)21-15(4)14(3)6-2/h14-15H,5-13H2,1-4H3. The highest BCUT2D eigenvalue weighted by Gasteiger charge is 2.14. The Morgan fingerprint density at radius 2 is 1.52 bits per heavy atom. The Bertz CT molecular complexity index is 289. The number of unbranched alkanes of at least 4 members (excludes halogenated alkanes) is 3. The van der Waals surface area contributed by atoms with E-state index in [4.69, 9.17) is 9.47 Å². The third-order valence-corrected chi connectivity index (χ3v) is 3.79. The van der Waals surface area contributed by atoms with Crippen LogP contribution in [-0.4, -0.2) is 24.6 Å². The molecule has 0 radical (unpaired) electrons. The van der Waals surface area contributed by atoms with Crippen molar-refractivity contribution in [2.75, 3.05) is 6.61 Å². The number of carbonyl (C=O) groups is 2. The van der Waals surface area contributed by atoms with Gasteiger partial charge in [-0.05, 0) is 32.1 Å². The van der Waals surface area contributed by atoms with Gasteiger partial charge in [-0.3, -0.25) is 9.59 Å². The van der Waals surface area contributed by atoms with Gasteiger partial charge in [0, 0.05) is 12.8 Å². The summed E-state index contributed by atoms with van der Waals surface area (Å²) in [6.45, 7) is 8.71. The van der Waals surface area contributed by atoms with E-state index in [0.717, 1.165) is 38.5 Å². The molecule has 0 aliphatic rings. The lowest BCUT2D eigenvalue weighted by Crippen LogP contribution is -2.21. The number of ether oxygens (including phenoxy) is 2. The molecule has 4 heteroatoms. The van der Waals surface area contributed by atoms with Crippen molar-refractivity contribution < 1.29 is 19.1 Å². The fourth-order valence-electron chi connectivity index (χ4n) is 1.83. The van der Waals surface area contributed by atoms with Gasteiger partial charge >= 0.3 is 11.9 Å². The van der Waals surface area contributed by atoms with Crippen LogP contribution in [0.2, 0.25) is 0 Å². The molecule has 0 saturated carbocycles. The largest absolute Gasteiger partial charge is 0.466 e. The lowest BCUT2D eigenvalue weighted by Gasteiger charge is -2.18. The van der Waals surface area contributed by atoms with Gasteiger partial charge in [0.2, 0.25) is 0 Å². The zero-order valence-electron chi connectivity index (χ0n) is 14.2. The predicted octanol–water partition coefficient (Wildman–Crippen LogP) is 4.26. The quantitative estimate of drug-likeness (QED) is 0.399. The summed E-state index contributed by atoms with van der Waals surface area (Å²) in [5, 5.41) is 0. The molecule has 0 aromatic rings. The van der Waals surface area contributed by atoms with Crippen LogP contribution in [0.4, 0.5) is 0 Å². The second kappa shape index (κ2) is 12.7. The van der Waals surface area contributed by atoms with E-state index in [1.807, 2.05) is 6.92 Å². The Labute approximate surface area is 129 Å². The molecule has 0 heterocycles. The Kier molecular flexibility index (Phi) is 12.0. The van der Waals surface area contributed by atoms with E-state index in [0.29, 0.717) is 25.4 Å². The van der Waals surface area contributed by atoms with Gasteiger partial charge in [-0.25, -0.2) is 0 Å². The molecule has 0 aliphatic heterocycles. The maximum atomic E-state index is 11.6. The van der Waals surface area contributed by atoms with Gasteiger partial charge in [0.15, 0.2) is 0 Å². The lowest BCUT2D eigenvalue weighted by molar-refractivity contribution is -0.150. The summed E-state index contributed by atoms with van der Waals surface area (Å²) in [6.07, 6.45) is 6.23. The summed E-state index contributed by atoms with van der Waals surface area (Å²) in [5.74, 6) is 0.136. The van der Waals surface area contributed by atoms with Crippen molar-refractivity contribution in [3.05, 3.63) is 0 Å². The second-order valence-electron chi connectivity index (χ2n) is 5.72. The van der Waals surface area contributed by atoms with Crippen LogP contribution in [0.5, 0.6) is 0 Å². The minimum atomic E-state index is -0.131. The average molecular weight is 300 g/mol. The van der Waals surface area contributed by atoms with E-state index in [1.165, 1.54) is 0 Å². The molecular weight excluding hydrogens is 268 g/mol. The normalized spacial score (nSPS) is 13.5. The Balaban J connectivity index is 3.54. The highest BCUT2D eigenvalue weighted by molar-refractivity contribution is 5.70. The number of carbonyl (C=O) groups excluding carboxylic acids is 2. The van der Waals surface area contributed by atoms with Crippen molar-refractivity contribution >= 4 is 11.9 Å². The molecule has 4 nitrogen and oxygen atoms in total. The molecule has 0 aromatic heterocycles. The van der Waals surface area contributed by atoms with Crippen LogP contribution in [0.1, 0.15) is 79.1 Å². The van der Waals surface area contributed by atoms with E-state index in [-0.39, 0.29) is 18.0 Å². The van der Waals surface area contributed by atoms with Crippen LogP contribution in [0.25, 0.3) is 0 Å². The summed E-state index contributed by atoms with van der Waals surface area (Å²) in [4.78, 5) is 23.0. The van der Waals surface area contributed by atoms with Crippen LogP contribution < -0.4 is 0 Å². The van der Waals surface area contributed by atoms with Gasteiger partial charge in [-0.15, -0.1) is 0 Å². The van der Waals surface area contributed by atoms with Gasteiger partial charge in [-0.2, -0.15) is 0 Å². The number of rotatable bonds is 12. The first kappa shape index (κ1) is 19.9. The summed E-state index contributed by atoms with van der Waals surface area (Å²) in [5.41, 5.74) is 0. The first-order valence-electron chi connectivity index (χ1n) is 8.36. The summed E-state index contributed by atoms with van der Waals surface area (Å²) in [7, 11) is 0. The molecule has 0 spiro atoms. The van der Waals surface area contributed by atoms with E-state index >= 15 is 0 Å². The predicted molar refractivity (Wildman–Crippen MR) is 84.0 cm³/mol. The van der Waals surface area contributed by atoms with Crippen molar-refractivity contribution in [3.63, 3.8) is 0 Å². The summed E-state index contributed by atoms with van der Waals surface area (Å²) >= 11 is 0. The third kappa shape index (κ3) is 11.3. The summed E-state index contributed by atoms with van der Waals surface area (Å²) < 4.78 is 10.4. The van der Waals surface area contributed by atoms with Crippen LogP contribution in [0.15, 0.2) is 0 Å². The molecule has 2 atom stereocenters. The Morgan fingerprint density at radius 3 is 2.10 bits per heavy atom. The van der Waals surface area contributed by atoms with E-state index in [1.54, 1.807) is 0 Å². The van der Waals surface area contributed by atoms with Gasteiger partial charge in [0.1, 0.15) is 6.10 Å². The fourth-order valence-corrected chi connectivity index (χ4v) is 1.83. The molecular formula is C17H32O4. The molecule has 0 amide bonds. The molecule has 0 aromatic carbocycles. The fraction of sp³-hybridized carbons (Fsp3) is 0.882. The minimum Gasteiger partial charge on any atom is -0.466 e. The van der Waals surface area contributed by atoms with Crippen molar-refractivity contribution in [3.8, 4) is 0 Å². The minimum absolute atomic E-state index is 0.0176. The molecule has 0 N–H and O–H groups in total. The number of hydrogen-bond acceptors (Lipinski definition) is 4. The smallest absolute Gasteiger partial charge is 0.306 e. The summed E-state index contributed by atoms with van der Waals surface area (Å²) in [6, 6.07) is 0. The Hall–Kier alpha value is -1.06. The van der Waals surface area contributed by atoms with Gasteiger partial charge < -0.3 is 9.47 Å². The van der Waals surface area contributed by atoms with Crippen LogP contribution >= 0.6 is 0 Å². The van der Waals surface area contributed by atoms with Crippen LogP contribution in [0, 0.1) is 5.92 Å². The maximum absolute atomic E-state index is 11.6. The molecule has 0 rings (SSSR count). The molecule has 124 valence electrons. The lowest BCUT2D eigenvalue weighted by atomic mass is 10.0. The first-order chi connectivity index (χ1) is 10.0. The first-order valence-corrected chi connectivity index (χ1v) is 8.36. The van der Waals surface area contributed by atoms with Crippen molar-refractivity contribution in [2.24, 2.45) is 5.92 Å². The SMILES string of the molecule is CCCCOC(=O)CCCCCC(=O)OC(C)C(C)CC. The zero-order valence-corrected chi connectivity index (χ0v) is 14.2. The van der Waals surface area contributed by atoms with Crippen molar-refractivity contribution in [1.29, 1.82) is 0 Å². The van der Waals surface area contributed by atoms with Gasteiger partial charge in [-0.1, -0.05) is 40.0 Å². The van der Waals surface area contributed by atoms with Crippen LogP contribution in [-0.2, 0) is 19.1 Å². The van der Waals surface area contributed by atoms with E-state index < -0.39 is 0 Å². The highest BCUT2D eigenvalue weighted by atomic mass is 16.5. The van der Waals surface area contributed by atoms with E-state index in [2.05, 4.69) is 20.8 Å². The third-order valence-electron chi connectivity index (χ3n) is 3.79. The molecule has 21 heavy (non-hydrogen) atoms.